The summed E-state index contributed by atoms with van der Waals surface area (Å²) in [5.41, 5.74) is 2.83. The van der Waals surface area contributed by atoms with Crippen molar-refractivity contribution in [1.82, 2.24) is 4.98 Å². The maximum atomic E-state index is 13.2. The topological polar surface area (TPSA) is 54.0 Å². The van der Waals surface area contributed by atoms with E-state index in [0.717, 1.165) is 18.7 Å². The minimum atomic E-state index is -0.396. The fourth-order valence-corrected chi connectivity index (χ4v) is 2.43. The maximum Gasteiger partial charge on any atom is 0.257 e. The number of halogens is 1. The highest BCUT2D eigenvalue weighted by molar-refractivity contribution is 6.04. The first-order chi connectivity index (χ1) is 12.2. The number of nitrogens with one attached hydrogen (secondary N) is 2. The van der Waals surface area contributed by atoms with Crippen LogP contribution in [0.1, 0.15) is 15.9 Å². The van der Waals surface area contributed by atoms with Crippen molar-refractivity contribution in [2.75, 3.05) is 17.2 Å². The second-order valence-electron chi connectivity index (χ2n) is 5.59. The zero-order chi connectivity index (χ0) is 17.5. The van der Waals surface area contributed by atoms with Crippen LogP contribution in [0.3, 0.4) is 0 Å². The van der Waals surface area contributed by atoms with Gasteiger partial charge < -0.3 is 10.6 Å². The number of nitrogens with zero attached hydrogens (tertiary/aromatic N) is 1. The number of carbonyl (C=O) groups excluding carboxylic acids is 1. The Morgan fingerprint density at radius 1 is 0.960 bits per heavy atom. The van der Waals surface area contributed by atoms with E-state index in [1.165, 1.54) is 23.9 Å². The molecule has 0 spiro atoms. The van der Waals surface area contributed by atoms with Gasteiger partial charge in [0.25, 0.3) is 5.91 Å². The van der Waals surface area contributed by atoms with Crippen molar-refractivity contribution in [2.45, 2.75) is 6.42 Å². The van der Waals surface area contributed by atoms with Gasteiger partial charge in [0.2, 0.25) is 0 Å². The number of amides is 1. The largest absolute Gasteiger partial charge is 0.383 e. The van der Waals surface area contributed by atoms with Gasteiger partial charge in [0, 0.05) is 24.6 Å². The lowest BCUT2D eigenvalue weighted by Crippen LogP contribution is -2.13. The van der Waals surface area contributed by atoms with Crippen molar-refractivity contribution in [2.24, 2.45) is 0 Å². The summed E-state index contributed by atoms with van der Waals surface area (Å²) in [6.07, 6.45) is 4.03. The first-order valence-corrected chi connectivity index (χ1v) is 8.00. The van der Waals surface area contributed by atoms with Crippen molar-refractivity contribution in [1.29, 1.82) is 0 Å². The van der Waals surface area contributed by atoms with E-state index in [1.807, 2.05) is 18.2 Å². The first kappa shape index (κ1) is 16.6. The molecule has 3 aromatic rings. The molecule has 0 aliphatic rings. The van der Waals surface area contributed by atoms with E-state index < -0.39 is 5.82 Å². The highest BCUT2D eigenvalue weighted by Gasteiger charge is 2.08. The molecule has 4 nitrogen and oxygen atoms in total. The smallest absolute Gasteiger partial charge is 0.257 e. The van der Waals surface area contributed by atoms with Crippen molar-refractivity contribution < 1.29 is 9.18 Å². The Balaban J connectivity index is 1.59. The molecular weight excluding hydrogens is 317 g/mol. The van der Waals surface area contributed by atoms with Gasteiger partial charge in [-0.15, -0.1) is 0 Å². The van der Waals surface area contributed by atoms with Crippen LogP contribution in [-0.4, -0.2) is 17.4 Å². The summed E-state index contributed by atoms with van der Waals surface area (Å²) in [6, 6.07) is 17.7. The van der Waals surface area contributed by atoms with Crippen LogP contribution in [0.2, 0.25) is 0 Å². The number of pyridine rings is 1. The monoisotopic (exact) mass is 335 g/mol. The number of hydrogen-bond donors (Lipinski definition) is 2. The van der Waals surface area contributed by atoms with E-state index in [1.54, 1.807) is 24.4 Å². The molecule has 1 heterocycles. The van der Waals surface area contributed by atoms with Gasteiger partial charge in [0.1, 0.15) is 5.82 Å². The van der Waals surface area contributed by atoms with Gasteiger partial charge in [-0.1, -0.05) is 36.4 Å². The van der Waals surface area contributed by atoms with Crippen molar-refractivity contribution >= 4 is 17.3 Å². The number of aromatic nitrogens is 1. The number of hydrogen-bond acceptors (Lipinski definition) is 3. The Hall–Kier alpha value is -3.21. The summed E-state index contributed by atoms with van der Waals surface area (Å²) in [7, 11) is 0. The van der Waals surface area contributed by atoms with Gasteiger partial charge in [0.05, 0.1) is 11.3 Å². The van der Waals surface area contributed by atoms with Gasteiger partial charge in [-0.2, -0.15) is 0 Å². The van der Waals surface area contributed by atoms with E-state index in [4.69, 9.17) is 0 Å². The van der Waals surface area contributed by atoms with Crippen LogP contribution in [-0.2, 0) is 6.42 Å². The second-order valence-corrected chi connectivity index (χ2v) is 5.59. The van der Waals surface area contributed by atoms with E-state index in [9.17, 15) is 9.18 Å². The third-order valence-electron chi connectivity index (χ3n) is 3.67. The third kappa shape index (κ3) is 4.88. The van der Waals surface area contributed by atoms with Crippen LogP contribution < -0.4 is 10.6 Å². The molecule has 2 aromatic carbocycles. The Labute approximate surface area is 145 Å². The van der Waals surface area contributed by atoms with Crippen LogP contribution in [0.4, 0.5) is 15.8 Å². The Bertz CT molecular complexity index is 852. The predicted octanol–water partition coefficient (Wildman–Crippen LogP) is 4.13. The number of rotatable bonds is 6. The highest BCUT2D eigenvalue weighted by atomic mass is 19.1. The van der Waals surface area contributed by atoms with Gasteiger partial charge in [-0.05, 0) is 36.2 Å². The van der Waals surface area contributed by atoms with Crippen molar-refractivity contribution in [3.8, 4) is 0 Å². The van der Waals surface area contributed by atoms with Crippen LogP contribution in [0.25, 0.3) is 0 Å². The van der Waals surface area contributed by atoms with Crippen molar-refractivity contribution in [3.05, 3.63) is 90.0 Å². The minimum Gasteiger partial charge on any atom is -0.383 e. The summed E-state index contributed by atoms with van der Waals surface area (Å²) in [5.74, 6) is -0.725. The van der Waals surface area contributed by atoms with Gasteiger partial charge in [-0.3, -0.25) is 9.78 Å². The quantitative estimate of drug-likeness (QED) is 0.712. The minimum absolute atomic E-state index is 0.329. The summed E-state index contributed by atoms with van der Waals surface area (Å²) in [6.45, 7) is 0.737. The van der Waals surface area contributed by atoms with Crippen LogP contribution >= 0.6 is 0 Å². The average Bonchev–Trinajstić information content (AvgIpc) is 2.63. The molecule has 0 radical (unpaired) electrons. The molecule has 0 atom stereocenters. The van der Waals surface area contributed by atoms with E-state index in [2.05, 4.69) is 27.8 Å². The van der Waals surface area contributed by atoms with Crippen molar-refractivity contribution in [3.63, 3.8) is 0 Å². The van der Waals surface area contributed by atoms with E-state index >= 15 is 0 Å². The van der Waals surface area contributed by atoms with E-state index in [0.29, 0.717) is 11.3 Å². The van der Waals surface area contributed by atoms with Crippen LogP contribution in [0.15, 0.2) is 73.1 Å². The second kappa shape index (κ2) is 8.06. The molecule has 0 saturated heterocycles. The fraction of sp³-hybridized carbons (Fsp3) is 0.100. The molecule has 2 N–H and O–H groups in total. The zero-order valence-corrected chi connectivity index (χ0v) is 13.6. The third-order valence-corrected chi connectivity index (χ3v) is 3.67. The number of benzene rings is 2. The zero-order valence-electron chi connectivity index (χ0n) is 13.6. The van der Waals surface area contributed by atoms with Crippen LogP contribution in [0.5, 0.6) is 0 Å². The normalized spacial score (nSPS) is 10.3. The molecule has 0 unspecified atom stereocenters. The maximum absolute atomic E-state index is 13.2. The molecule has 1 amide bonds. The highest BCUT2D eigenvalue weighted by Crippen LogP contribution is 2.13. The lowest BCUT2D eigenvalue weighted by molar-refractivity contribution is 0.102. The summed E-state index contributed by atoms with van der Waals surface area (Å²) in [5, 5.41) is 5.92. The SMILES string of the molecule is O=C(Nc1cccc(F)c1)c1cncc(NCCc2ccccc2)c1. The summed E-state index contributed by atoms with van der Waals surface area (Å²) < 4.78 is 13.2. The predicted molar refractivity (Wildman–Crippen MR) is 97.2 cm³/mol. The molecule has 126 valence electrons. The van der Waals surface area contributed by atoms with Gasteiger partial charge >= 0.3 is 0 Å². The fourth-order valence-electron chi connectivity index (χ4n) is 2.43. The molecule has 25 heavy (non-hydrogen) atoms. The Morgan fingerprint density at radius 3 is 2.60 bits per heavy atom. The Morgan fingerprint density at radius 2 is 1.80 bits per heavy atom. The molecule has 0 fully saturated rings. The molecule has 0 aliphatic carbocycles. The standard InChI is InChI=1S/C20H18FN3O/c21-17-7-4-8-18(12-17)24-20(25)16-11-19(14-22-13-16)23-10-9-15-5-2-1-3-6-15/h1-8,11-14,23H,9-10H2,(H,24,25). The first-order valence-electron chi connectivity index (χ1n) is 8.00. The van der Waals surface area contributed by atoms with Gasteiger partial charge in [0.15, 0.2) is 0 Å². The molecule has 3 rings (SSSR count). The molecule has 5 heteroatoms. The van der Waals surface area contributed by atoms with Crippen LogP contribution in [0, 0.1) is 5.82 Å². The molecule has 1 aromatic heterocycles. The molecular formula is C20H18FN3O. The number of anilines is 2. The van der Waals surface area contributed by atoms with E-state index in [-0.39, 0.29) is 5.91 Å². The van der Waals surface area contributed by atoms with Gasteiger partial charge in [-0.25, -0.2) is 4.39 Å². The number of carbonyl (C=O) groups is 1. The summed E-state index contributed by atoms with van der Waals surface area (Å²) >= 11 is 0. The summed E-state index contributed by atoms with van der Waals surface area (Å²) in [4.78, 5) is 16.4. The lowest BCUT2D eigenvalue weighted by Gasteiger charge is -2.09. The molecule has 0 aliphatic heterocycles. The molecule has 0 saturated carbocycles. The lowest BCUT2D eigenvalue weighted by atomic mass is 10.1. The Kier molecular flexibility index (Phi) is 5.36. The molecule has 0 bridgehead atoms. The average molecular weight is 335 g/mol.